The average molecular weight is 302 g/mol. The molecule has 3 nitrogen and oxygen atoms in total. The van der Waals surface area contributed by atoms with Crippen LogP contribution in [0.2, 0.25) is 0 Å². The fourth-order valence-electron chi connectivity index (χ4n) is 2.69. The third-order valence-corrected chi connectivity index (χ3v) is 3.83. The lowest BCUT2D eigenvalue weighted by atomic mass is 10.1. The molecule has 0 bridgehead atoms. The van der Waals surface area contributed by atoms with E-state index in [2.05, 4.69) is 0 Å². The molecule has 0 fully saturated rings. The molecule has 112 valence electrons. The van der Waals surface area contributed by atoms with Crippen molar-refractivity contribution >= 4 is 21.5 Å². The summed E-state index contributed by atoms with van der Waals surface area (Å²) in [6.45, 7) is 0. The molecule has 0 aromatic heterocycles. The Hall–Kier alpha value is -3.20. The number of benzene rings is 4. The quantitative estimate of drug-likeness (QED) is 0.535. The van der Waals surface area contributed by atoms with Crippen LogP contribution in [0, 0.1) is 0 Å². The maximum atomic E-state index is 9.59. The van der Waals surface area contributed by atoms with Crippen molar-refractivity contribution in [3.63, 3.8) is 0 Å². The van der Waals surface area contributed by atoms with E-state index in [9.17, 15) is 10.2 Å². The number of hydrogen-bond donors (Lipinski definition) is 2. The number of fused-ring (bicyclic) bond motifs is 2. The van der Waals surface area contributed by atoms with E-state index in [1.807, 2.05) is 48.5 Å². The minimum atomic E-state index is 0.232. The Bertz CT molecular complexity index is 938. The smallest absolute Gasteiger partial charge is 0.128 e. The lowest BCUT2D eigenvalue weighted by molar-refractivity contribution is 0.475. The number of ether oxygens (including phenoxy) is 1. The van der Waals surface area contributed by atoms with E-state index < -0.39 is 0 Å². The van der Waals surface area contributed by atoms with Gasteiger partial charge in [0.25, 0.3) is 0 Å². The third kappa shape index (κ3) is 2.64. The second-order valence-electron chi connectivity index (χ2n) is 5.49. The molecule has 0 heterocycles. The van der Waals surface area contributed by atoms with E-state index >= 15 is 0 Å². The molecular formula is C20H14O3. The normalized spacial score (nSPS) is 11.0. The van der Waals surface area contributed by atoms with Crippen LogP contribution in [-0.4, -0.2) is 10.2 Å². The van der Waals surface area contributed by atoms with Crippen LogP contribution < -0.4 is 4.74 Å². The zero-order valence-electron chi connectivity index (χ0n) is 12.2. The molecule has 4 rings (SSSR count). The van der Waals surface area contributed by atoms with E-state index in [4.69, 9.17) is 4.74 Å². The minimum Gasteiger partial charge on any atom is -0.508 e. The molecule has 0 aliphatic carbocycles. The Kier molecular flexibility index (Phi) is 3.05. The van der Waals surface area contributed by atoms with Crippen molar-refractivity contribution in [3.8, 4) is 23.0 Å². The van der Waals surface area contributed by atoms with Gasteiger partial charge in [0.2, 0.25) is 0 Å². The predicted octanol–water partition coefficient (Wildman–Crippen LogP) is 5.20. The lowest BCUT2D eigenvalue weighted by Gasteiger charge is -2.08. The van der Waals surface area contributed by atoms with Crippen molar-refractivity contribution in [2.24, 2.45) is 0 Å². The summed E-state index contributed by atoms with van der Waals surface area (Å²) in [5.41, 5.74) is 0. The SMILES string of the molecule is Oc1ccc2ccc(Oc3ccc4ccc(O)cc4c3)cc2c1. The second kappa shape index (κ2) is 5.21. The van der Waals surface area contributed by atoms with Gasteiger partial charge in [-0.1, -0.05) is 24.3 Å². The van der Waals surface area contributed by atoms with Crippen LogP contribution in [0.4, 0.5) is 0 Å². The molecule has 0 radical (unpaired) electrons. The van der Waals surface area contributed by atoms with Gasteiger partial charge in [-0.2, -0.15) is 0 Å². The molecule has 0 unspecified atom stereocenters. The summed E-state index contributed by atoms with van der Waals surface area (Å²) in [6.07, 6.45) is 0. The zero-order chi connectivity index (χ0) is 15.8. The zero-order valence-corrected chi connectivity index (χ0v) is 12.2. The highest BCUT2D eigenvalue weighted by Crippen LogP contribution is 2.30. The predicted molar refractivity (Wildman–Crippen MR) is 91.3 cm³/mol. The molecule has 4 aromatic carbocycles. The minimum absolute atomic E-state index is 0.232. The molecule has 0 saturated heterocycles. The molecule has 0 spiro atoms. The molecule has 23 heavy (non-hydrogen) atoms. The van der Waals surface area contributed by atoms with Crippen LogP contribution in [0.25, 0.3) is 21.5 Å². The Morgan fingerprint density at radius 2 is 0.913 bits per heavy atom. The molecule has 2 N–H and O–H groups in total. The van der Waals surface area contributed by atoms with Gasteiger partial charge in [-0.05, 0) is 70.1 Å². The standard InChI is InChI=1S/C20H14O3/c21-17-5-1-13-3-7-19(11-15(13)9-17)23-20-8-4-14-2-6-18(22)10-16(14)12-20/h1-12,21-22H. The average Bonchev–Trinajstić information content (AvgIpc) is 2.54. The first-order valence-electron chi connectivity index (χ1n) is 7.31. The summed E-state index contributed by atoms with van der Waals surface area (Å²) in [5, 5.41) is 23.1. The van der Waals surface area contributed by atoms with Gasteiger partial charge in [0.15, 0.2) is 0 Å². The summed E-state index contributed by atoms with van der Waals surface area (Å²) in [6, 6.07) is 22.0. The van der Waals surface area contributed by atoms with E-state index in [1.165, 1.54) is 0 Å². The maximum Gasteiger partial charge on any atom is 0.128 e. The third-order valence-electron chi connectivity index (χ3n) is 3.83. The van der Waals surface area contributed by atoms with E-state index in [0.717, 1.165) is 21.5 Å². The van der Waals surface area contributed by atoms with E-state index in [-0.39, 0.29) is 11.5 Å². The van der Waals surface area contributed by atoms with Gasteiger partial charge in [0, 0.05) is 0 Å². The van der Waals surface area contributed by atoms with Crippen molar-refractivity contribution in [3.05, 3.63) is 72.8 Å². The summed E-state index contributed by atoms with van der Waals surface area (Å²) in [5.74, 6) is 1.86. The van der Waals surface area contributed by atoms with Gasteiger partial charge >= 0.3 is 0 Å². The number of hydrogen-bond acceptors (Lipinski definition) is 3. The van der Waals surface area contributed by atoms with Crippen molar-refractivity contribution in [1.29, 1.82) is 0 Å². The number of aromatic hydroxyl groups is 2. The Balaban J connectivity index is 1.72. The molecule has 0 saturated carbocycles. The molecule has 3 heteroatoms. The highest BCUT2D eigenvalue weighted by Gasteiger charge is 2.03. The second-order valence-corrected chi connectivity index (χ2v) is 5.49. The van der Waals surface area contributed by atoms with Crippen LogP contribution >= 0.6 is 0 Å². The molecule has 0 amide bonds. The Morgan fingerprint density at radius 1 is 0.478 bits per heavy atom. The Labute approximate surface area is 133 Å². The van der Waals surface area contributed by atoms with Gasteiger partial charge in [-0.3, -0.25) is 0 Å². The topological polar surface area (TPSA) is 49.7 Å². The molecular weight excluding hydrogens is 288 g/mol. The van der Waals surface area contributed by atoms with E-state index in [1.54, 1.807) is 24.3 Å². The number of phenolic OH excluding ortho intramolecular Hbond substituents is 2. The number of rotatable bonds is 2. The monoisotopic (exact) mass is 302 g/mol. The highest BCUT2D eigenvalue weighted by atomic mass is 16.5. The summed E-state index contributed by atoms with van der Waals surface area (Å²) in [4.78, 5) is 0. The lowest BCUT2D eigenvalue weighted by Crippen LogP contribution is -1.85. The van der Waals surface area contributed by atoms with Crippen molar-refractivity contribution in [2.45, 2.75) is 0 Å². The highest BCUT2D eigenvalue weighted by molar-refractivity contribution is 5.86. The molecule has 0 aliphatic rings. The fourth-order valence-corrected chi connectivity index (χ4v) is 2.69. The van der Waals surface area contributed by atoms with Crippen LogP contribution in [0.5, 0.6) is 23.0 Å². The van der Waals surface area contributed by atoms with Gasteiger partial charge in [-0.25, -0.2) is 0 Å². The molecule has 0 atom stereocenters. The summed E-state index contributed by atoms with van der Waals surface area (Å²) >= 11 is 0. The number of phenols is 2. The first-order chi connectivity index (χ1) is 11.2. The van der Waals surface area contributed by atoms with Gasteiger partial charge in [0.1, 0.15) is 23.0 Å². The first kappa shape index (κ1) is 13.5. The summed E-state index contributed by atoms with van der Waals surface area (Å²) in [7, 11) is 0. The maximum absolute atomic E-state index is 9.59. The van der Waals surface area contributed by atoms with Gasteiger partial charge in [-0.15, -0.1) is 0 Å². The van der Waals surface area contributed by atoms with Crippen LogP contribution in [0.1, 0.15) is 0 Å². The first-order valence-corrected chi connectivity index (χ1v) is 7.31. The van der Waals surface area contributed by atoms with Crippen molar-refractivity contribution in [1.82, 2.24) is 0 Å². The fraction of sp³-hybridized carbons (Fsp3) is 0. The summed E-state index contributed by atoms with van der Waals surface area (Å²) < 4.78 is 5.91. The van der Waals surface area contributed by atoms with Crippen LogP contribution in [-0.2, 0) is 0 Å². The van der Waals surface area contributed by atoms with Crippen molar-refractivity contribution < 1.29 is 14.9 Å². The Morgan fingerprint density at radius 3 is 1.39 bits per heavy atom. The van der Waals surface area contributed by atoms with Crippen LogP contribution in [0.15, 0.2) is 72.8 Å². The largest absolute Gasteiger partial charge is 0.508 e. The van der Waals surface area contributed by atoms with Crippen LogP contribution in [0.3, 0.4) is 0 Å². The molecule has 4 aromatic rings. The van der Waals surface area contributed by atoms with Gasteiger partial charge in [0.05, 0.1) is 0 Å². The van der Waals surface area contributed by atoms with Crippen molar-refractivity contribution in [2.75, 3.05) is 0 Å². The molecule has 0 aliphatic heterocycles. The van der Waals surface area contributed by atoms with E-state index in [0.29, 0.717) is 11.5 Å². The van der Waals surface area contributed by atoms with Gasteiger partial charge < -0.3 is 14.9 Å².